The lowest BCUT2D eigenvalue weighted by Gasteiger charge is -2.27. The molecule has 194 valence electrons. The number of aromatic amines is 1. The second-order valence-electron chi connectivity index (χ2n) is 8.23. The van der Waals surface area contributed by atoms with Crippen LogP contribution in [0.15, 0.2) is 65.6 Å². The minimum Gasteiger partial charge on any atom is -0.408 e. The zero-order valence-electron chi connectivity index (χ0n) is 19.2. The van der Waals surface area contributed by atoms with Crippen molar-refractivity contribution >= 4 is 23.4 Å². The fourth-order valence-corrected chi connectivity index (χ4v) is 3.69. The monoisotopic (exact) mass is 517 g/mol. The quantitative estimate of drug-likeness (QED) is 0.378. The van der Waals surface area contributed by atoms with Crippen LogP contribution in [0.4, 0.5) is 29.3 Å². The molecule has 0 unspecified atom stereocenters. The summed E-state index contributed by atoms with van der Waals surface area (Å²) < 4.78 is 50.0. The van der Waals surface area contributed by atoms with Crippen LogP contribution in [0.5, 0.6) is 5.75 Å². The van der Waals surface area contributed by atoms with Gasteiger partial charge in [0.2, 0.25) is 5.91 Å². The summed E-state index contributed by atoms with van der Waals surface area (Å²) >= 11 is 0. The number of H-pyrrole nitrogens is 1. The summed E-state index contributed by atoms with van der Waals surface area (Å²) in [4.78, 5) is 36.6. The van der Waals surface area contributed by atoms with Gasteiger partial charge in [-0.05, 0) is 29.8 Å². The van der Waals surface area contributed by atoms with Gasteiger partial charge in [0.25, 0.3) is 5.56 Å². The van der Waals surface area contributed by atoms with Gasteiger partial charge in [0.15, 0.2) is 5.75 Å². The molecule has 1 saturated heterocycles. The summed E-state index contributed by atoms with van der Waals surface area (Å²) in [6, 6.07) is 12.7. The molecule has 0 bridgehead atoms. The molecular formula is C24H22F3N5O5. The Hall–Kier alpha value is -4.39. The summed E-state index contributed by atoms with van der Waals surface area (Å²) in [5.41, 5.74) is -1.69. The highest BCUT2D eigenvalue weighted by Crippen LogP contribution is 2.35. The lowest BCUT2D eigenvalue weighted by atomic mass is 9.97. The summed E-state index contributed by atoms with van der Waals surface area (Å²) in [5.74, 6) is -0.602. The second-order valence-corrected chi connectivity index (χ2v) is 8.23. The van der Waals surface area contributed by atoms with Crippen molar-refractivity contribution in [3.8, 4) is 5.75 Å². The van der Waals surface area contributed by atoms with Gasteiger partial charge in [0, 0.05) is 31.3 Å². The Balaban J connectivity index is 1.36. The molecule has 13 heteroatoms. The van der Waals surface area contributed by atoms with Crippen molar-refractivity contribution < 1.29 is 32.2 Å². The number of benzene rings is 2. The van der Waals surface area contributed by atoms with Gasteiger partial charge in [-0.15, -0.1) is 0 Å². The summed E-state index contributed by atoms with van der Waals surface area (Å²) in [6.07, 6.45) is -4.12. The van der Waals surface area contributed by atoms with E-state index in [0.717, 1.165) is 18.3 Å². The third-order valence-corrected chi connectivity index (χ3v) is 5.57. The van der Waals surface area contributed by atoms with Crippen LogP contribution in [0, 0.1) is 0 Å². The van der Waals surface area contributed by atoms with Crippen LogP contribution in [-0.4, -0.2) is 41.0 Å². The van der Waals surface area contributed by atoms with Gasteiger partial charge in [-0.1, -0.05) is 24.3 Å². The predicted octanol–water partition coefficient (Wildman–Crippen LogP) is 3.10. The lowest BCUT2D eigenvalue weighted by molar-refractivity contribution is -0.137. The van der Waals surface area contributed by atoms with Gasteiger partial charge >= 0.3 is 12.3 Å². The SMILES string of the molecule is O=C(N[C@@]1(C(=O)NCc2ccc(Nc3ccccc3C(F)(F)F)cc2)CCOC1)Oc1cn[nH]c(=O)c1. The normalized spacial score (nSPS) is 17.2. The van der Waals surface area contributed by atoms with Crippen LogP contribution in [-0.2, 0) is 22.3 Å². The van der Waals surface area contributed by atoms with Crippen molar-refractivity contribution in [2.24, 2.45) is 0 Å². The Morgan fingerprint density at radius 3 is 2.57 bits per heavy atom. The molecule has 10 nitrogen and oxygen atoms in total. The van der Waals surface area contributed by atoms with Gasteiger partial charge in [-0.25, -0.2) is 9.89 Å². The Morgan fingerprint density at radius 1 is 1.14 bits per heavy atom. The summed E-state index contributed by atoms with van der Waals surface area (Å²) in [5, 5.41) is 13.7. The molecule has 1 atom stereocenters. The minimum absolute atomic E-state index is 0.0759. The van der Waals surface area contributed by atoms with Crippen LogP contribution in [0.2, 0.25) is 0 Å². The smallest absolute Gasteiger partial charge is 0.408 e. The summed E-state index contributed by atoms with van der Waals surface area (Å²) in [6.45, 7) is 0.248. The maximum absolute atomic E-state index is 13.2. The number of amides is 2. The third kappa shape index (κ3) is 6.44. The first-order valence-corrected chi connectivity index (χ1v) is 11.1. The van der Waals surface area contributed by atoms with E-state index in [1.165, 1.54) is 18.2 Å². The van der Waals surface area contributed by atoms with E-state index in [9.17, 15) is 27.6 Å². The van der Waals surface area contributed by atoms with Gasteiger partial charge < -0.3 is 25.4 Å². The fraction of sp³-hybridized carbons (Fsp3) is 0.250. The number of anilines is 2. The molecule has 0 spiro atoms. The number of ether oxygens (including phenoxy) is 2. The Labute approximate surface area is 208 Å². The standard InChI is InChI=1S/C24H22F3N5O5/c25-24(26,27)18-3-1-2-4-19(18)30-16-7-5-15(6-8-16)12-28-21(34)23(9-10-36-14-23)31-22(35)37-17-11-20(33)32-29-13-17/h1-8,11,13,30H,9-10,12,14H2,(H,28,34)(H,31,35)(H,32,33)/t23-/m0/s1. The number of nitrogens with zero attached hydrogens (tertiary/aromatic N) is 1. The zero-order chi connectivity index (χ0) is 26.5. The highest BCUT2D eigenvalue weighted by atomic mass is 19.4. The van der Waals surface area contributed by atoms with E-state index in [2.05, 4.69) is 26.1 Å². The molecule has 1 aliphatic rings. The zero-order valence-corrected chi connectivity index (χ0v) is 19.2. The predicted molar refractivity (Wildman–Crippen MR) is 125 cm³/mol. The molecule has 2 heterocycles. The number of hydrogen-bond acceptors (Lipinski definition) is 7. The van der Waals surface area contributed by atoms with Crippen molar-refractivity contribution in [1.82, 2.24) is 20.8 Å². The largest absolute Gasteiger partial charge is 0.418 e. The van der Waals surface area contributed by atoms with E-state index >= 15 is 0 Å². The molecule has 1 fully saturated rings. The van der Waals surface area contributed by atoms with Crippen LogP contribution in [0.1, 0.15) is 17.5 Å². The molecule has 4 rings (SSSR count). The molecule has 37 heavy (non-hydrogen) atoms. The van der Waals surface area contributed by atoms with Gasteiger partial charge in [-0.2, -0.15) is 18.3 Å². The molecule has 1 aliphatic heterocycles. The molecular weight excluding hydrogens is 495 g/mol. The molecule has 1 aromatic heterocycles. The maximum Gasteiger partial charge on any atom is 0.418 e. The van der Waals surface area contributed by atoms with Crippen molar-refractivity contribution in [2.45, 2.75) is 24.7 Å². The average Bonchev–Trinajstić information content (AvgIpc) is 3.32. The van der Waals surface area contributed by atoms with E-state index in [-0.39, 0.29) is 37.6 Å². The van der Waals surface area contributed by atoms with Crippen LogP contribution in [0.3, 0.4) is 0 Å². The van der Waals surface area contributed by atoms with Crippen LogP contribution in [0.25, 0.3) is 0 Å². The van der Waals surface area contributed by atoms with Crippen LogP contribution >= 0.6 is 0 Å². The molecule has 3 aromatic rings. The first-order valence-electron chi connectivity index (χ1n) is 11.1. The van der Waals surface area contributed by atoms with Gasteiger partial charge in [-0.3, -0.25) is 9.59 Å². The number of alkyl halides is 3. The van der Waals surface area contributed by atoms with Crippen molar-refractivity contribution in [3.05, 3.63) is 82.3 Å². The lowest BCUT2D eigenvalue weighted by Crippen LogP contribution is -2.59. The van der Waals surface area contributed by atoms with Crippen molar-refractivity contribution in [1.29, 1.82) is 0 Å². The van der Waals surface area contributed by atoms with E-state index < -0.39 is 34.8 Å². The Morgan fingerprint density at radius 2 is 1.89 bits per heavy atom. The molecule has 2 aromatic carbocycles. The van der Waals surface area contributed by atoms with E-state index in [1.807, 2.05) is 0 Å². The molecule has 0 radical (unpaired) electrons. The topological polar surface area (TPSA) is 134 Å². The number of hydrogen-bond donors (Lipinski definition) is 4. The number of para-hydroxylation sites is 1. The summed E-state index contributed by atoms with van der Waals surface area (Å²) in [7, 11) is 0. The molecule has 4 N–H and O–H groups in total. The Bertz CT molecular complexity index is 1320. The number of nitrogens with one attached hydrogen (secondary N) is 4. The van der Waals surface area contributed by atoms with Gasteiger partial charge in [0.05, 0.1) is 24.1 Å². The highest BCUT2D eigenvalue weighted by molar-refractivity contribution is 5.90. The van der Waals surface area contributed by atoms with Crippen LogP contribution < -0.4 is 26.2 Å². The van der Waals surface area contributed by atoms with E-state index in [1.54, 1.807) is 24.3 Å². The minimum atomic E-state index is -4.50. The van der Waals surface area contributed by atoms with Crippen molar-refractivity contribution in [3.63, 3.8) is 0 Å². The van der Waals surface area contributed by atoms with Gasteiger partial charge in [0.1, 0.15) is 5.54 Å². The number of carbonyl (C=O) groups is 2. The number of rotatable bonds is 7. The number of halogens is 3. The third-order valence-electron chi connectivity index (χ3n) is 5.57. The fourth-order valence-electron chi connectivity index (χ4n) is 3.69. The van der Waals surface area contributed by atoms with E-state index in [0.29, 0.717) is 11.3 Å². The van der Waals surface area contributed by atoms with E-state index in [4.69, 9.17) is 9.47 Å². The number of aromatic nitrogens is 2. The molecule has 0 aliphatic carbocycles. The first-order chi connectivity index (χ1) is 17.6. The second kappa shape index (κ2) is 10.7. The molecule has 2 amide bonds. The van der Waals surface area contributed by atoms with Crippen molar-refractivity contribution in [2.75, 3.05) is 18.5 Å². The maximum atomic E-state index is 13.2. The first kappa shape index (κ1) is 25.7. The Kier molecular flexibility index (Phi) is 7.43. The highest BCUT2D eigenvalue weighted by Gasteiger charge is 2.44. The molecule has 0 saturated carbocycles. The average molecular weight is 517 g/mol. The number of carbonyl (C=O) groups excluding carboxylic acids is 2.